The fourth-order valence-electron chi connectivity index (χ4n) is 5.40. The van der Waals surface area contributed by atoms with E-state index >= 15 is 0 Å². The number of sulfonamides is 1. The molecule has 1 saturated heterocycles. The summed E-state index contributed by atoms with van der Waals surface area (Å²) in [6.45, 7) is 5.92. The fourth-order valence-corrected chi connectivity index (χ4v) is 6.92. The molecule has 1 aromatic heterocycles. The smallest absolute Gasteiger partial charge is 0.263 e. The van der Waals surface area contributed by atoms with Gasteiger partial charge in [0.15, 0.2) is 0 Å². The van der Waals surface area contributed by atoms with Gasteiger partial charge in [0, 0.05) is 37.4 Å². The fraction of sp³-hybridized carbons (Fsp3) is 0.560. The van der Waals surface area contributed by atoms with E-state index < -0.39 is 15.6 Å². The summed E-state index contributed by atoms with van der Waals surface area (Å²) in [5.74, 6) is 0.294. The summed E-state index contributed by atoms with van der Waals surface area (Å²) < 4.78 is 31.5. The molecular weight excluding hydrogens is 494 g/mol. The number of rotatable bonds is 6. The van der Waals surface area contributed by atoms with E-state index in [0.717, 1.165) is 18.4 Å². The maximum atomic E-state index is 14.1. The number of aliphatic hydroxyl groups excluding tert-OH is 1. The van der Waals surface area contributed by atoms with Gasteiger partial charge in [-0.3, -0.25) is 19.4 Å². The summed E-state index contributed by atoms with van der Waals surface area (Å²) in [5, 5.41) is 14.3. The molecule has 4 heterocycles. The van der Waals surface area contributed by atoms with Crippen molar-refractivity contribution in [2.24, 2.45) is 12.0 Å². The van der Waals surface area contributed by atoms with Gasteiger partial charge < -0.3 is 14.9 Å². The van der Waals surface area contributed by atoms with Gasteiger partial charge in [-0.25, -0.2) is 13.1 Å². The topological polar surface area (TPSA) is 123 Å². The van der Waals surface area contributed by atoms with Crippen LogP contribution < -0.4 is 14.5 Å². The summed E-state index contributed by atoms with van der Waals surface area (Å²) in [7, 11) is -2.03. The number of hydrogen-bond donors (Lipinski definition) is 2. The molecule has 0 unspecified atom stereocenters. The first-order valence-electron chi connectivity index (χ1n) is 12.8. The summed E-state index contributed by atoms with van der Waals surface area (Å²) >= 11 is 0. The first-order chi connectivity index (χ1) is 17.5. The third kappa shape index (κ3) is 4.30. The van der Waals surface area contributed by atoms with Crippen molar-refractivity contribution in [2.75, 3.05) is 29.4 Å². The number of benzene rings is 1. The van der Waals surface area contributed by atoms with E-state index in [0.29, 0.717) is 55.4 Å². The summed E-state index contributed by atoms with van der Waals surface area (Å²) in [5.41, 5.74) is 2.16. The highest BCUT2D eigenvalue weighted by atomic mass is 32.2. The monoisotopic (exact) mass is 527 g/mol. The lowest BCUT2D eigenvalue weighted by atomic mass is 10.0. The highest BCUT2D eigenvalue weighted by molar-refractivity contribution is 7.89. The molecule has 0 radical (unpaired) electrons. The largest absolute Gasteiger partial charge is 0.393 e. The molecule has 2 fully saturated rings. The van der Waals surface area contributed by atoms with Crippen LogP contribution in [-0.2, 0) is 23.6 Å². The molecule has 2 aromatic rings. The Morgan fingerprint density at radius 2 is 1.95 bits per heavy atom. The molecule has 3 aliphatic heterocycles. The molecule has 37 heavy (non-hydrogen) atoms. The zero-order chi connectivity index (χ0) is 26.1. The number of guanidine groups is 1. The number of nitrogens with one attached hydrogen (secondary N) is 1. The first kappa shape index (κ1) is 24.4. The molecular formula is C25H33N7O4S. The number of carbonyl (C=O) groups excluding carboxylic acids is 1. The van der Waals surface area contributed by atoms with Crippen molar-refractivity contribution in [3.05, 3.63) is 35.7 Å². The van der Waals surface area contributed by atoms with Crippen LogP contribution in [0, 0.1) is 0 Å². The van der Waals surface area contributed by atoms with Gasteiger partial charge in [0.2, 0.25) is 16.0 Å². The number of aryl methyl sites for hydroxylation is 1. The van der Waals surface area contributed by atoms with Crippen LogP contribution >= 0.6 is 0 Å². The molecule has 0 bridgehead atoms. The van der Waals surface area contributed by atoms with E-state index in [1.54, 1.807) is 21.8 Å². The predicted octanol–water partition coefficient (Wildman–Crippen LogP) is 1.43. The lowest BCUT2D eigenvalue weighted by Crippen LogP contribution is -2.52. The van der Waals surface area contributed by atoms with Crippen molar-refractivity contribution in [1.29, 1.82) is 0 Å². The summed E-state index contributed by atoms with van der Waals surface area (Å²) in [6, 6.07) is 3.21. The highest BCUT2D eigenvalue weighted by Gasteiger charge is 2.45. The van der Waals surface area contributed by atoms with Crippen LogP contribution in [0.4, 0.5) is 11.4 Å². The molecule has 1 aromatic carbocycles. The molecule has 6 rings (SSSR count). The number of nitrogens with zero attached hydrogens (tertiary/aromatic N) is 6. The van der Waals surface area contributed by atoms with Gasteiger partial charge in [-0.1, -0.05) is 0 Å². The zero-order valence-electron chi connectivity index (χ0n) is 21.4. The number of anilines is 2. The van der Waals surface area contributed by atoms with Crippen LogP contribution in [-0.4, -0.2) is 77.4 Å². The van der Waals surface area contributed by atoms with Gasteiger partial charge in [0.05, 0.1) is 53.3 Å². The lowest BCUT2D eigenvalue weighted by molar-refractivity contribution is 0.0832. The Kier molecular flexibility index (Phi) is 5.62. The van der Waals surface area contributed by atoms with Crippen LogP contribution in [0.5, 0.6) is 0 Å². The second-order valence-corrected chi connectivity index (χ2v) is 12.7. The van der Waals surface area contributed by atoms with Gasteiger partial charge in [0.25, 0.3) is 5.91 Å². The Balaban J connectivity index is 1.50. The zero-order valence-corrected chi connectivity index (χ0v) is 22.2. The van der Waals surface area contributed by atoms with Gasteiger partial charge in [0.1, 0.15) is 0 Å². The van der Waals surface area contributed by atoms with Crippen LogP contribution in [0.1, 0.15) is 55.5 Å². The Labute approximate surface area is 216 Å². The van der Waals surface area contributed by atoms with E-state index in [9.17, 15) is 18.3 Å². The van der Waals surface area contributed by atoms with Crippen molar-refractivity contribution < 1.29 is 18.3 Å². The van der Waals surface area contributed by atoms with E-state index in [1.807, 2.05) is 20.2 Å². The van der Waals surface area contributed by atoms with Gasteiger partial charge >= 0.3 is 0 Å². The number of hydrogen-bond acceptors (Lipinski definition) is 8. The maximum absolute atomic E-state index is 14.1. The minimum atomic E-state index is -3.85. The Bertz CT molecular complexity index is 1390. The summed E-state index contributed by atoms with van der Waals surface area (Å²) in [6.07, 6.45) is 5.94. The minimum absolute atomic E-state index is 0.00154. The minimum Gasteiger partial charge on any atom is -0.393 e. The molecule has 1 atom stereocenters. The average Bonchev–Trinajstić information content (AvgIpc) is 3.22. The SMILES string of the molecule is C[C@@H]1CN=C2N(Cc3cnn(C)c3)C(=O)c3cc(S(=O)(=O)NC4(C)CC4)cc(N4CCC(O)CC4)c3N21. The van der Waals surface area contributed by atoms with E-state index in [-0.39, 0.29) is 29.5 Å². The van der Waals surface area contributed by atoms with Crippen LogP contribution in [0.2, 0.25) is 0 Å². The Morgan fingerprint density at radius 3 is 2.59 bits per heavy atom. The molecule has 1 saturated carbocycles. The molecule has 1 amide bonds. The number of aliphatic hydroxyl groups is 1. The van der Waals surface area contributed by atoms with Crippen LogP contribution in [0.3, 0.4) is 0 Å². The lowest BCUT2D eigenvalue weighted by Gasteiger charge is -2.42. The molecule has 198 valence electrons. The average molecular weight is 528 g/mol. The standard InChI is InChI=1S/C25H33N7O4S/c1-16-12-26-24-31(15-17-13-27-29(3)14-17)23(34)20-10-19(37(35,36)28-25(2)6-7-25)11-21(22(20)32(16)24)30-8-4-18(33)5-9-30/h10-11,13-14,16,18,28,33H,4-9,12,15H2,1-3H3/t16-/m1/s1. The highest BCUT2D eigenvalue weighted by Crippen LogP contribution is 2.44. The van der Waals surface area contributed by atoms with Crippen molar-refractivity contribution in [3.63, 3.8) is 0 Å². The normalized spacial score (nSPS) is 23.2. The maximum Gasteiger partial charge on any atom is 0.263 e. The van der Waals surface area contributed by atoms with Crippen molar-refractivity contribution in [3.8, 4) is 0 Å². The van der Waals surface area contributed by atoms with Gasteiger partial charge in [-0.15, -0.1) is 0 Å². The van der Waals surface area contributed by atoms with Gasteiger partial charge in [-0.2, -0.15) is 5.10 Å². The third-order valence-electron chi connectivity index (χ3n) is 7.77. The van der Waals surface area contributed by atoms with Crippen molar-refractivity contribution in [1.82, 2.24) is 19.4 Å². The Morgan fingerprint density at radius 1 is 1.22 bits per heavy atom. The van der Waals surface area contributed by atoms with Gasteiger partial charge in [-0.05, 0) is 51.7 Å². The number of aromatic nitrogens is 2. The molecule has 2 N–H and O–H groups in total. The second kappa shape index (κ2) is 8.53. The van der Waals surface area contributed by atoms with Crippen molar-refractivity contribution >= 4 is 33.3 Å². The predicted molar refractivity (Wildman–Crippen MR) is 139 cm³/mol. The third-order valence-corrected chi connectivity index (χ3v) is 9.39. The first-order valence-corrected chi connectivity index (χ1v) is 14.3. The molecule has 11 nitrogen and oxygen atoms in total. The van der Waals surface area contributed by atoms with E-state index in [1.165, 1.54) is 6.07 Å². The summed E-state index contributed by atoms with van der Waals surface area (Å²) in [4.78, 5) is 24.7. The second-order valence-electron chi connectivity index (χ2n) is 11.0. The van der Waals surface area contributed by atoms with E-state index in [2.05, 4.69) is 26.5 Å². The van der Waals surface area contributed by atoms with Crippen molar-refractivity contribution in [2.45, 2.75) is 68.7 Å². The number of carbonyl (C=O) groups is 1. The van der Waals surface area contributed by atoms with Crippen LogP contribution in [0.15, 0.2) is 34.4 Å². The molecule has 4 aliphatic rings. The molecule has 1 aliphatic carbocycles. The quantitative estimate of drug-likeness (QED) is 0.583. The molecule has 0 spiro atoms. The number of amides is 1. The Hall–Kier alpha value is -2.96. The number of piperidine rings is 1. The van der Waals surface area contributed by atoms with Crippen LogP contribution in [0.25, 0.3) is 0 Å². The molecule has 12 heteroatoms. The number of fused-ring (bicyclic) bond motifs is 3. The number of aliphatic imine (C=N–C) groups is 1. The van der Waals surface area contributed by atoms with E-state index in [4.69, 9.17) is 4.99 Å².